The van der Waals surface area contributed by atoms with Crippen LogP contribution in [0.15, 0.2) is 73.3 Å². The summed E-state index contributed by atoms with van der Waals surface area (Å²) in [4.78, 5) is 73.4. The standard InChI is InChI=1S/C30H34N8O6/c31-21(11-18-14-34-22-9-5-4-8-20(18)22)27(40)36-24(13-26(32)39)29(42)37-23(12-19-15-33-16-35-19)28(41)38-25(30(43)44)10-17-6-2-1-3-7-17/h1-9,14-16,21,23-25,34H,10-13,31H2,(H2,32,39)(H,33,35)(H,36,40)(H,37,42)(H,38,41)(H,43,44). The molecule has 2 heterocycles. The predicted octanol–water partition coefficient (Wildman–Crippen LogP) is -0.339. The van der Waals surface area contributed by atoms with Gasteiger partial charge in [-0.3, -0.25) is 19.2 Å². The third-order valence-electron chi connectivity index (χ3n) is 7.00. The maximum Gasteiger partial charge on any atom is 0.326 e. The third-order valence-corrected chi connectivity index (χ3v) is 7.00. The van der Waals surface area contributed by atoms with Gasteiger partial charge in [-0.2, -0.15) is 0 Å². The van der Waals surface area contributed by atoms with Crippen molar-refractivity contribution in [1.82, 2.24) is 30.9 Å². The monoisotopic (exact) mass is 602 g/mol. The van der Waals surface area contributed by atoms with Gasteiger partial charge in [0, 0.05) is 41.8 Å². The van der Waals surface area contributed by atoms with Crippen LogP contribution in [0.3, 0.4) is 0 Å². The molecule has 2 aromatic carbocycles. The van der Waals surface area contributed by atoms with Crippen molar-refractivity contribution in [3.8, 4) is 0 Å². The van der Waals surface area contributed by atoms with Gasteiger partial charge < -0.3 is 42.5 Å². The zero-order valence-electron chi connectivity index (χ0n) is 23.7. The number of nitrogens with one attached hydrogen (secondary N) is 5. The molecule has 2 aromatic heterocycles. The van der Waals surface area contributed by atoms with E-state index in [1.54, 1.807) is 36.5 Å². The number of primary amides is 1. The molecule has 4 amide bonds. The smallest absolute Gasteiger partial charge is 0.326 e. The number of amides is 4. The zero-order valence-corrected chi connectivity index (χ0v) is 23.7. The largest absolute Gasteiger partial charge is 0.480 e. The highest BCUT2D eigenvalue weighted by Gasteiger charge is 2.32. The minimum atomic E-state index is -1.45. The number of carboxylic acid groups (broad SMARTS) is 1. The van der Waals surface area contributed by atoms with E-state index in [1.807, 2.05) is 24.3 Å². The number of hydrogen-bond donors (Lipinski definition) is 8. The molecule has 4 unspecified atom stereocenters. The molecule has 0 radical (unpaired) electrons. The summed E-state index contributed by atoms with van der Waals surface area (Å²) in [6.07, 6.45) is 4.05. The SMILES string of the molecule is NC(=O)CC(NC(=O)C(N)Cc1c[nH]c2ccccc12)C(=O)NC(Cc1cnc[nH]1)C(=O)NC(Cc1ccccc1)C(=O)O. The summed E-state index contributed by atoms with van der Waals surface area (Å²) in [5.74, 6) is -4.53. The minimum absolute atomic E-state index is 0.00130. The lowest BCUT2D eigenvalue weighted by molar-refractivity contribution is -0.142. The van der Waals surface area contributed by atoms with Crippen molar-refractivity contribution in [2.45, 2.75) is 49.9 Å². The van der Waals surface area contributed by atoms with E-state index in [1.165, 1.54) is 12.5 Å². The van der Waals surface area contributed by atoms with E-state index in [-0.39, 0.29) is 19.3 Å². The fraction of sp³-hybridized carbons (Fsp3) is 0.267. The molecular weight excluding hydrogens is 568 g/mol. The van der Waals surface area contributed by atoms with Crippen molar-refractivity contribution in [3.63, 3.8) is 0 Å². The fourth-order valence-electron chi connectivity index (χ4n) is 4.74. The second kappa shape index (κ2) is 14.6. The van der Waals surface area contributed by atoms with Crippen LogP contribution in [0.5, 0.6) is 0 Å². The minimum Gasteiger partial charge on any atom is -0.480 e. The van der Waals surface area contributed by atoms with Gasteiger partial charge in [-0.05, 0) is 23.6 Å². The van der Waals surface area contributed by atoms with E-state index in [0.29, 0.717) is 11.3 Å². The summed E-state index contributed by atoms with van der Waals surface area (Å²) in [7, 11) is 0. The summed E-state index contributed by atoms with van der Waals surface area (Å²) in [6.45, 7) is 0. The van der Waals surface area contributed by atoms with Gasteiger partial charge in [0.2, 0.25) is 23.6 Å². The average molecular weight is 603 g/mol. The molecule has 4 atom stereocenters. The highest BCUT2D eigenvalue weighted by atomic mass is 16.4. The van der Waals surface area contributed by atoms with Gasteiger partial charge in [0.05, 0.1) is 18.8 Å². The lowest BCUT2D eigenvalue weighted by atomic mass is 10.0. The summed E-state index contributed by atoms with van der Waals surface area (Å²) < 4.78 is 0. The van der Waals surface area contributed by atoms with Crippen molar-refractivity contribution in [3.05, 3.63) is 90.1 Å². The van der Waals surface area contributed by atoms with Gasteiger partial charge in [-0.15, -0.1) is 0 Å². The first kappa shape index (κ1) is 31.4. The maximum atomic E-state index is 13.4. The number of rotatable bonds is 15. The van der Waals surface area contributed by atoms with Crippen LogP contribution in [0, 0.1) is 0 Å². The molecule has 230 valence electrons. The highest BCUT2D eigenvalue weighted by Crippen LogP contribution is 2.19. The number of para-hydroxylation sites is 1. The molecule has 0 saturated heterocycles. The lowest BCUT2D eigenvalue weighted by Gasteiger charge is -2.24. The Balaban J connectivity index is 1.47. The van der Waals surface area contributed by atoms with E-state index in [2.05, 4.69) is 30.9 Å². The summed E-state index contributed by atoms with van der Waals surface area (Å²) in [5, 5.41) is 18.1. The number of fused-ring (bicyclic) bond motifs is 1. The van der Waals surface area contributed by atoms with Crippen molar-refractivity contribution in [2.75, 3.05) is 0 Å². The van der Waals surface area contributed by atoms with E-state index in [9.17, 15) is 29.1 Å². The van der Waals surface area contributed by atoms with E-state index < -0.39 is 60.2 Å². The van der Waals surface area contributed by atoms with Gasteiger partial charge >= 0.3 is 5.97 Å². The van der Waals surface area contributed by atoms with Gasteiger partial charge in [0.1, 0.15) is 18.1 Å². The molecular formula is C30H34N8O6. The first-order valence-electron chi connectivity index (χ1n) is 13.8. The Morgan fingerprint density at radius 2 is 1.45 bits per heavy atom. The maximum absolute atomic E-state index is 13.4. The number of nitrogens with zero attached hydrogens (tertiary/aromatic N) is 1. The van der Waals surface area contributed by atoms with Crippen LogP contribution in [0.2, 0.25) is 0 Å². The number of aromatic nitrogens is 3. The van der Waals surface area contributed by atoms with Crippen LogP contribution >= 0.6 is 0 Å². The zero-order chi connectivity index (χ0) is 31.6. The van der Waals surface area contributed by atoms with Crippen LogP contribution in [0.1, 0.15) is 23.2 Å². The van der Waals surface area contributed by atoms with Gasteiger partial charge in [-0.1, -0.05) is 48.5 Å². The summed E-state index contributed by atoms with van der Waals surface area (Å²) in [6, 6.07) is 11.1. The van der Waals surface area contributed by atoms with E-state index in [0.717, 1.165) is 16.5 Å². The lowest BCUT2D eigenvalue weighted by Crippen LogP contribution is -2.58. The number of carbonyl (C=O) groups is 5. The number of imidazole rings is 1. The van der Waals surface area contributed by atoms with Crippen LogP contribution in [0.25, 0.3) is 10.9 Å². The Hall–Kier alpha value is -5.50. The molecule has 14 nitrogen and oxygen atoms in total. The molecule has 0 fully saturated rings. The molecule has 0 saturated carbocycles. The quantitative estimate of drug-likeness (QED) is 0.0893. The molecule has 10 N–H and O–H groups in total. The second-order valence-corrected chi connectivity index (χ2v) is 10.3. The normalized spacial score (nSPS) is 13.8. The average Bonchev–Trinajstić information content (AvgIpc) is 3.66. The third kappa shape index (κ3) is 8.51. The summed E-state index contributed by atoms with van der Waals surface area (Å²) in [5.41, 5.74) is 14.3. The Kier molecular flexibility index (Phi) is 10.4. The number of H-pyrrole nitrogens is 2. The molecule has 0 bridgehead atoms. The Bertz CT molecular complexity index is 1600. The van der Waals surface area contributed by atoms with E-state index >= 15 is 0 Å². The molecule has 4 rings (SSSR count). The van der Waals surface area contributed by atoms with Gasteiger partial charge in [-0.25, -0.2) is 9.78 Å². The molecule has 4 aromatic rings. The van der Waals surface area contributed by atoms with Gasteiger partial charge in [0.25, 0.3) is 0 Å². The van der Waals surface area contributed by atoms with Crippen molar-refractivity contribution < 1.29 is 29.1 Å². The summed E-state index contributed by atoms with van der Waals surface area (Å²) >= 11 is 0. The molecule has 14 heteroatoms. The number of carboxylic acids is 1. The topological polar surface area (TPSA) is 238 Å². The van der Waals surface area contributed by atoms with Crippen LogP contribution in [-0.2, 0) is 43.2 Å². The molecule has 0 aliphatic heterocycles. The second-order valence-electron chi connectivity index (χ2n) is 10.3. The Morgan fingerprint density at radius 1 is 0.795 bits per heavy atom. The number of aliphatic carboxylic acids is 1. The van der Waals surface area contributed by atoms with Crippen LogP contribution < -0.4 is 27.4 Å². The predicted molar refractivity (Wildman–Crippen MR) is 160 cm³/mol. The van der Waals surface area contributed by atoms with Crippen LogP contribution in [-0.4, -0.2) is 73.8 Å². The highest BCUT2D eigenvalue weighted by molar-refractivity contribution is 5.96. The number of nitrogens with two attached hydrogens (primary N) is 2. The molecule has 44 heavy (non-hydrogen) atoms. The molecule has 0 spiro atoms. The number of hydrogen-bond acceptors (Lipinski definition) is 7. The first-order valence-corrected chi connectivity index (χ1v) is 13.8. The van der Waals surface area contributed by atoms with Crippen molar-refractivity contribution >= 4 is 40.5 Å². The van der Waals surface area contributed by atoms with Crippen LogP contribution in [0.4, 0.5) is 0 Å². The number of carbonyl (C=O) groups excluding carboxylic acids is 4. The fourth-order valence-corrected chi connectivity index (χ4v) is 4.74. The van der Waals surface area contributed by atoms with Crippen molar-refractivity contribution in [2.24, 2.45) is 11.5 Å². The van der Waals surface area contributed by atoms with E-state index in [4.69, 9.17) is 11.5 Å². The Morgan fingerprint density at radius 3 is 2.14 bits per heavy atom. The Labute approximate surface area is 252 Å². The molecule has 0 aliphatic rings. The van der Waals surface area contributed by atoms with Crippen molar-refractivity contribution in [1.29, 1.82) is 0 Å². The molecule has 0 aliphatic carbocycles. The van der Waals surface area contributed by atoms with Gasteiger partial charge in [0.15, 0.2) is 0 Å². The number of aromatic amines is 2. The number of benzene rings is 2. The first-order chi connectivity index (χ1) is 21.1.